The number of rotatable bonds is 5. The summed E-state index contributed by atoms with van der Waals surface area (Å²) in [5.41, 5.74) is 0.701. The van der Waals surface area contributed by atoms with Gasteiger partial charge in [0.25, 0.3) is 0 Å². The van der Waals surface area contributed by atoms with Crippen LogP contribution in [0.1, 0.15) is 26.5 Å². The van der Waals surface area contributed by atoms with E-state index in [9.17, 15) is 10.1 Å². The summed E-state index contributed by atoms with van der Waals surface area (Å²) in [6.07, 6.45) is -0.290. The van der Waals surface area contributed by atoms with Crippen LogP contribution in [0, 0.1) is 11.3 Å². The fraction of sp³-hybridized carbons (Fsp3) is 0.632. The molecule has 1 aromatic rings. The minimum atomic E-state index is -0.500. The number of ether oxygens (including phenoxy) is 2. The predicted octanol–water partition coefficient (Wildman–Crippen LogP) is 1.95. The number of hydrogen-bond donors (Lipinski definition) is 0. The summed E-state index contributed by atoms with van der Waals surface area (Å²) in [5, 5.41) is 9.26. The van der Waals surface area contributed by atoms with E-state index in [-0.39, 0.29) is 6.09 Å². The smallest absolute Gasteiger partial charge is 0.410 e. The lowest BCUT2D eigenvalue weighted by atomic mass is 10.2. The fourth-order valence-corrected chi connectivity index (χ4v) is 2.61. The number of nitrogens with zero attached hydrogens (tertiary/aromatic N) is 5. The Labute approximate surface area is 161 Å². The van der Waals surface area contributed by atoms with Gasteiger partial charge >= 0.3 is 6.09 Å². The van der Waals surface area contributed by atoms with Crippen LogP contribution in [0.2, 0.25) is 0 Å². The minimum Gasteiger partial charge on any atom is -0.476 e. The Bertz CT molecular complexity index is 686. The molecule has 0 aromatic carbocycles. The fourth-order valence-electron chi connectivity index (χ4n) is 2.61. The maximum atomic E-state index is 12.2. The Morgan fingerprint density at radius 1 is 1.26 bits per heavy atom. The predicted molar refractivity (Wildman–Crippen MR) is 103 cm³/mol. The average Bonchev–Trinajstić information content (AvgIpc) is 2.60. The summed E-state index contributed by atoms with van der Waals surface area (Å²) in [4.78, 5) is 22.3. The number of likely N-dealkylation sites (N-methyl/N-ethyl adjacent to an activating group) is 1. The van der Waals surface area contributed by atoms with E-state index in [0.717, 1.165) is 12.2 Å². The molecule has 1 aliphatic rings. The van der Waals surface area contributed by atoms with Gasteiger partial charge in [0.2, 0.25) is 5.88 Å². The normalized spacial score (nSPS) is 14.9. The molecular formula is C19H29N5O3. The molecule has 8 nitrogen and oxygen atoms in total. The first-order valence-corrected chi connectivity index (χ1v) is 9.10. The molecule has 0 unspecified atom stereocenters. The van der Waals surface area contributed by atoms with Crippen molar-refractivity contribution in [1.29, 1.82) is 5.26 Å². The zero-order chi connectivity index (χ0) is 20.0. The summed E-state index contributed by atoms with van der Waals surface area (Å²) in [7, 11) is 3.94. The topological polar surface area (TPSA) is 81.9 Å². The Morgan fingerprint density at radius 3 is 2.48 bits per heavy atom. The second kappa shape index (κ2) is 8.91. The molecule has 2 rings (SSSR count). The van der Waals surface area contributed by atoms with Crippen molar-refractivity contribution in [2.75, 3.05) is 58.3 Å². The monoisotopic (exact) mass is 375 g/mol. The maximum Gasteiger partial charge on any atom is 0.410 e. The number of amides is 1. The van der Waals surface area contributed by atoms with Crippen LogP contribution < -0.4 is 9.64 Å². The van der Waals surface area contributed by atoms with E-state index in [1.165, 1.54) is 0 Å². The van der Waals surface area contributed by atoms with Crippen molar-refractivity contribution in [1.82, 2.24) is 14.8 Å². The number of pyridine rings is 1. The summed E-state index contributed by atoms with van der Waals surface area (Å²) in [5.74, 6) is 0.445. The van der Waals surface area contributed by atoms with E-state index >= 15 is 0 Å². The summed E-state index contributed by atoms with van der Waals surface area (Å²) in [6.45, 7) is 9.30. The Hall–Kier alpha value is -2.53. The van der Waals surface area contributed by atoms with Crippen molar-refractivity contribution in [3.05, 3.63) is 17.8 Å². The van der Waals surface area contributed by atoms with Crippen LogP contribution >= 0.6 is 0 Å². The van der Waals surface area contributed by atoms with E-state index in [4.69, 9.17) is 9.47 Å². The average molecular weight is 375 g/mol. The molecule has 1 saturated heterocycles. The number of anilines is 1. The third kappa shape index (κ3) is 6.61. The van der Waals surface area contributed by atoms with E-state index < -0.39 is 5.60 Å². The number of hydrogen-bond acceptors (Lipinski definition) is 7. The number of nitriles is 1. The molecule has 1 amide bonds. The maximum absolute atomic E-state index is 12.2. The molecule has 1 aliphatic heterocycles. The van der Waals surface area contributed by atoms with Crippen molar-refractivity contribution < 1.29 is 14.3 Å². The van der Waals surface area contributed by atoms with Gasteiger partial charge in [0.15, 0.2) is 0 Å². The number of carbonyl (C=O) groups excluding carboxylic acids is 1. The van der Waals surface area contributed by atoms with Crippen molar-refractivity contribution in [3.63, 3.8) is 0 Å². The van der Waals surface area contributed by atoms with Crippen LogP contribution in [0.5, 0.6) is 5.88 Å². The van der Waals surface area contributed by atoms with Gasteiger partial charge in [-0.3, -0.25) is 0 Å². The van der Waals surface area contributed by atoms with E-state index in [0.29, 0.717) is 44.4 Å². The van der Waals surface area contributed by atoms with Crippen LogP contribution in [-0.4, -0.2) is 79.9 Å². The van der Waals surface area contributed by atoms with Crippen LogP contribution in [0.3, 0.4) is 0 Å². The number of carbonyl (C=O) groups is 1. The van der Waals surface area contributed by atoms with E-state index in [2.05, 4.69) is 16.0 Å². The Kier molecular flexibility index (Phi) is 6.86. The highest BCUT2D eigenvalue weighted by Gasteiger charge is 2.26. The molecule has 1 fully saturated rings. The first-order valence-electron chi connectivity index (χ1n) is 9.10. The molecule has 0 radical (unpaired) electrons. The SMILES string of the molecule is CN(C)CCOc1cc(N2CCN(C(=O)OC(C)(C)C)CC2)cc(C#N)n1. The quantitative estimate of drug-likeness (QED) is 0.778. The first-order chi connectivity index (χ1) is 12.7. The standard InChI is InChI=1S/C19H29N5O3/c1-19(2,3)27-18(25)24-8-6-23(7-9-24)16-12-15(14-20)21-17(13-16)26-11-10-22(4)5/h12-13H,6-11H2,1-5H3. The zero-order valence-corrected chi connectivity index (χ0v) is 16.9. The molecule has 2 heterocycles. The Balaban J connectivity index is 2.00. The van der Waals surface area contributed by atoms with Crippen molar-refractivity contribution in [2.45, 2.75) is 26.4 Å². The molecule has 0 N–H and O–H groups in total. The first kappa shape index (κ1) is 20.8. The molecule has 0 bridgehead atoms. The van der Waals surface area contributed by atoms with Gasteiger partial charge in [0, 0.05) is 44.5 Å². The molecule has 27 heavy (non-hydrogen) atoms. The highest BCUT2D eigenvalue weighted by molar-refractivity contribution is 5.68. The zero-order valence-electron chi connectivity index (χ0n) is 16.9. The molecule has 0 spiro atoms. The van der Waals surface area contributed by atoms with E-state index in [1.54, 1.807) is 11.0 Å². The molecule has 1 aromatic heterocycles. The Morgan fingerprint density at radius 2 is 1.93 bits per heavy atom. The van der Waals surface area contributed by atoms with Crippen LogP contribution in [-0.2, 0) is 4.74 Å². The van der Waals surface area contributed by atoms with Gasteiger partial charge in [-0.25, -0.2) is 9.78 Å². The van der Waals surface area contributed by atoms with Crippen LogP contribution in [0.15, 0.2) is 12.1 Å². The second-order valence-corrected chi connectivity index (χ2v) is 7.77. The van der Waals surface area contributed by atoms with Crippen molar-refractivity contribution in [2.24, 2.45) is 0 Å². The number of aromatic nitrogens is 1. The van der Waals surface area contributed by atoms with E-state index in [1.807, 2.05) is 45.8 Å². The van der Waals surface area contributed by atoms with Gasteiger partial charge < -0.3 is 24.2 Å². The van der Waals surface area contributed by atoms with Crippen molar-refractivity contribution in [3.8, 4) is 11.9 Å². The largest absolute Gasteiger partial charge is 0.476 e. The molecular weight excluding hydrogens is 346 g/mol. The molecule has 8 heteroatoms. The molecule has 0 saturated carbocycles. The van der Waals surface area contributed by atoms with Crippen molar-refractivity contribution >= 4 is 11.8 Å². The van der Waals surface area contributed by atoms with Crippen LogP contribution in [0.25, 0.3) is 0 Å². The summed E-state index contributed by atoms with van der Waals surface area (Å²) in [6, 6.07) is 5.68. The summed E-state index contributed by atoms with van der Waals surface area (Å²) < 4.78 is 11.1. The summed E-state index contributed by atoms with van der Waals surface area (Å²) >= 11 is 0. The van der Waals surface area contributed by atoms with Gasteiger partial charge in [0.1, 0.15) is 24.0 Å². The highest BCUT2D eigenvalue weighted by atomic mass is 16.6. The van der Waals surface area contributed by atoms with Gasteiger partial charge in [-0.2, -0.15) is 5.26 Å². The van der Waals surface area contributed by atoms with Gasteiger partial charge in [0.05, 0.1) is 0 Å². The minimum absolute atomic E-state index is 0.290. The lowest BCUT2D eigenvalue weighted by Gasteiger charge is -2.36. The van der Waals surface area contributed by atoms with Gasteiger partial charge in [-0.15, -0.1) is 0 Å². The lowest BCUT2D eigenvalue weighted by Crippen LogP contribution is -2.50. The molecule has 0 atom stereocenters. The van der Waals surface area contributed by atoms with Gasteiger partial charge in [-0.05, 0) is 40.9 Å². The molecule has 0 aliphatic carbocycles. The third-order valence-electron chi connectivity index (χ3n) is 3.99. The lowest BCUT2D eigenvalue weighted by molar-refractivity contribution is 0.0240. The molecule has 148 valence electrons. The van der Waals surface area contributed by atoms with Crippen LogP contribution in [0.4, 0.5) is 10.5 Å². The number of piperazine rings is 1. The van der Waals surface area contributed by atoms with Gasteiger partial charge in [-0.1, -0.05) is 0 Å². The third-order valence-corrected chi connectivity index (χ3v) is 3.99. The highest BCUT2D eigenvalue weighted by Crippen LogP contribution is 2.23. The second-order valence-electron chi connectivity index (χ2n) is 7.77.